The fourth-order valence-electron chi connectivity index (χ4n) is 4.91. The first-order chi connectivity index (χ1) is 17.7. The van der Waals surface area contributed by atoms with Crippen LogP contribution in [0.2, 0.25) is 0 Å². The summed E-state index contributed by atoms with van der Waals surface area (Å²) in [5.74, 6) is 0.417. The highest BCUT2D eigenvalue weighted by molar-refractivity contribution is 6.20. The third kappa shape index (κ3) is 11.7. The van der Waals surface area contributed by atoms with Gasteiger partial charge in [0.25, 0.3) is 0 Å². The number of carbonyl (C=O) groups is 4. The van der Waals surface area contributed by atoms with E-state index in [9.17, 15) is 19.2 Å². The largest absolute Gasteiger partial charge is 0.466 e. The van der Waals surface area contributed by atoms with Crippen LogP contribution in [-0.2, 0) is 28.7 Å². The molecule has 0 amide bonds. The first-order valence-electron chi connectivity index (χ1n) is 14.6. The molecule has 2 unspecified atom stereocenters. The number of carbonyl (C=O) groups excluding carboxylic acids is 4. The lowest BCUT2D eigenvalue weighted by atomic mass is 9.70. The van der Waals surface area contributed by atoms with E-state index in [0.717, 1.165) is 51.4 Å². The lowest BCUT2D eigenvalue weighted by molar-refractivity contribution is -0.144. The van der Waals surface area contributed by atoms with E-state index in [-0.39, 0.29) is 34.3 Å². The molecular formula is C32H52O6. The van der Waals surface area contributed by atoms with Crippen molar-refractivity contribution < 1.29 is 28.7 Å². The highest BCUT2D eigenvalue weighted by Crippen LogP contribution is 2.40. The summed E-state index contributed by atoms with van der Waals surface area (Å²) in [6, 6.07) is 0. The summed E-state index contributed by atoms with van der Waals surface area (Å²) >= 11 is 0. The highest BCUT2D eigenvalue weighted by atomic mass is 16.5. The molecule has 1 rings (SSSR count). The molecule has 6 heteroatoms. The van der Waals surface area contributed by atoms with Gasteiger partial charge in [-0.2, -0.15) is 0 Å². The second-order valence-electron chi connectivity index (χ2n) is 12.3. The van der Waals surface area contributed by atoms with Gasteiger partial charge < -0.3 is 9.47 Å². The molecule has 6 nitrogen and oxygen atoms in total. The zero-order valence-electron chi connectivity index (χ0n) is 25.2. The summed E-state index contributed by atoms with van der Waals surface area (Å²) in [6.07, 6.45) is 11.1. The molecule has 0 heterocycles. The highest BCUT2D eigenvalue weighted by Gasteiger charge is 2.36. The maximum atomic E-state index is 13.2. The van der Waals surface area contributed by atoms with Crippen molar-refractivity contribution in [3.63, 3.8) is 0 Å². The van der Waals surface area contributed by atoms with Crippen LogP contribution in [0.15, 0.2) is 23.3 Å². The molecule has 2 atom stereocenters. The summed E-state index contributed by atoms with van der Waals surface area (Å²) in [5, 5.41) is 0. The quantitative estimate of drug-likeness (QED) is 0.136. The van der Waals surface area contributed by atoms with Gasteiger partial charge in [0.15, 0.2) is 11.6 Å². The van der Waals surface area contributed by atoms with E-state index >= 15 is 0 Å². The number of hydrogen-bond acceptors (Lipinski definition) is 6. The predicted molar refractivity (Wildman–Crippen MR) is 152 cm³/mol. The van der Waals surface area contributed by atoms with E-state index in [1.807, 2.05) is 27.7 Å². The smallest absolute Gasteiger partial charge is 0.305 e. The number of rotatable bonds is 18. The zero-order valence-corrected chi connectivity index (χ0v) is 25.2. The van der Waals surface area contributed by atoms with Gasteiger partial charge in [-0.1, -0.05) is 81.1 Å². The van der Waals surface area contributed by atoms with Gasteiger partial charge in [-0.05, 0) is 60.5 Å². The Hall–Kier alpha value is -2.24. The van der Waals surface area contributed by atoms with Gasteiger partial charge >= 0.3 is 11.9 Å². The fourth-order valence-corrected chi connectivity index (χ4v) is 4.91. The van der Waals surface area contributed by atoms with Crippen LogP contribution in [0.4, 0.5) is 0 Å². The third-order valence-electron chi connectivity index (χ3n) is 7.86. The Morgan fingerprint density at radius 3 is 1.34 bits per heavy atom. The van der Waals surface area contributed by atoms with Gasteiger partial charge in [0.05, 0.1) is 13.2 Å². The second kappa shape index (κ2) is 16.0. The Morgan fingerprint density at radius 2 is 1.03 bits per heavy atom. The molecule has 0 aliphatic heterocycles. The fraction of sp³-hybridized carbons (Fsp3) is 0.750. The minimum atomic E-state index is -0.385. The van der Waals surface area contributed by atoms with Gasteiger partial charge in [0.1, 0.15) is 0 Å². The molecular weight excluding hydrogens is 480 g/mol. The average molecular weight is 533 g/mol. The summed E-state index contributed by atoms with van der Waals surface area (Å²) in [7, 11) is 0. The van der Waals surface area contributed by atoms with Crippen LogP contribution in [0.1, 0.15) is 120 Å². The predicted octanol–water partition coefficient (Wildman–Crippen LogP) is 7.34. The van der Waals surface area contributed by atoms with Crippen LogP contribution in [0.25, 0.3) is 0 Å². The molecule has 216 valence electrons. The van der Waals surface area contributed by atoms with E-state index in [1.54, 1.807) is 26.0 Å². The Morgan fingerprint density at radius 1 is 0.684 bits per heavy atom. The molecule has 0 N–H and O–H groups in total. The Kier molecular flexibility index (Phi) is 14.2. The van der Waals surface area contributed by atoms with Crippen molar-refractivity contribution in [2.75, 3.05) is 13.2 Å². The summed E-state index contributed by atoms with van der Waals surface area (Å²) in [6.45, 7) is 17.0. The molecule has 0 saturated heterocycles. The second-order valence-corrected chi connectivity index (χ2v) is 12.3. The number of esters is 2. The molecule has 0 aromatic rings. The van der Waals surface area contributed by atoms with Crippen molar-refractivity contribution in [1.29, 1.82) is 0 Å². The first-order valence-corrected chi connectivity index (χ1v) is 14.6. The van der Waals surface area contributed by atoms with Gasteiger partial charge in [-0.25, -0.2) is 0 Å². The normalized spacial score (nSPS) is 16.0. The molecule has 0 aromatic carbocycles. The van der Waals surface area contributed by atoms with Crippen LogP contribution in [0, 0.1) is 22.7 Å². The van der Waals surface area contributed by atoms with E-state index in [1.165, 1.54) is 0 Å². The van der Waals surface area contributed by atoms with Crippen molar-refractivity contribution in [2.24, 2.45) is 22.7 Å². The van der Waals surface area contributed by atoms with Crippen LogP contribution < -0.4 is 0 Å². The maximum absolute atomic E-state index is 13.2. The molecule has 0 radical (unpaired) electrons. The Labute approximate surface area is 231 Å². The van der Waals surface area contributed by atoms with E-state index in [0.29, 0.717) is 49.0 Å². The molecule has 0 aromatic heterocycles. The third-order valence-corrected chi connectivity index (χ3v) is 7.86. The topological polar surface area (TPSA) is 86.7 Å². The maximum Gasteiger partial charge on any atom is 0.305 e. The monoisotopic (exact) mass is 532 g/mol. The molecule has 0 saturated carbocycles. The van der Waals surface area contributed by atoms with Crippen LogP contribution in [-0.4, -0.2) is 36.7 Å². The van der Waals surface area contributed by atoms with Gasteiger partial charge in [0, 0.05) is 24.0 Å². The number of ketones is 2. The zero-order chi connectivity index (χ0) is 28.9. The van der Waals surface area contributed by atoms with E-state index in [4.69, 9.17) is 9.47 Å². The molecule has 38 heavy (non-hydrogen) atoms. The summed E-state index contributed by atoms with van der Waals surface area (Å²) < 4.78 is 10.4. The van der Waals surface area contributed by atoms with Crippen molar-refractivity contribution >= 4 is 23.5 Å². The van der Waals surface area contributed by atoms with Crippen LogP contribution in [0.5, 0.6) is 0 Å². The standard InChI is InChI=1S/C32H52O6/c1-9-29(35)37-19-15-23(3)13-11-17-31(5,6)25-21-28(34)26(22-27(25)33)32(7,8)18-12-14-24(4)16-20-38-30(36)10-2/h21-24H,9-20H2,1-8H3. The van der Waals surface area contributed by atoms with Crippen molar-refractivity contribution in [1.82, 2.24) is 0 Å². The number of allylic oxidation sites excluding steroid dienone is 4. The van der Waals surface area contributed by atoms with Crippen molar-refractivity contribution in [3.8, 4) is 0 Å². The van der Waals surface area contributed by atoms with Gasteiger partial charge in [-0.15, -0.1) is 0 Å². The van der Waals surface area contributed by atoms with E-state index in [2.05, 4.69) is 13.8 Å². The van der Waals surface area contributed by atoms with Crippen LogP contribution >= 0.6 is 0 Å². The molecule has 0 bridgehead atoms. The first kappa shape index (κ1) is 33.8. The average Bonchev–Trinajstić information content (AvgIpc) is 2.84. The number of ether oxygens (including phenoxy) is 2. The van der Waals surface area contributed by atoms with Crippen LogP contribution in [0.3, 0.4) is 0 Å². The number of hydrogen-bond donors (Lipinski definition) is 0. The molecule has 0 spiro atoms. The summed E-state index contributed by atoms with van der Waals surface area (Å²) in [4.78, 5) is 48.9. The molecule has 1 aliphatic rings. The Bertz CT molecular complexity index is 804. The lowest BCUT2D eigenvalue weighted by Crippen LogP contribution is -2.30. The summed E-state index contributed by atoms with van der Waals surface area (Å²) in [5.41, 5.74) is 0.428. The van der Waals surface area contributed by atoms with Gasteiger partial charge in [0.2, 0.25) is 0 Å². The SMILES string of the molecule is CCC(=O)OCCC(C)CCCC(C)(C)C1=CC(=O)C(C(C)(C)CCCC(C)CCOC(=O)CC)=CC1=O. The van der Waals surface area contributed by atoms with E-state index < -0.39 is 0 Å². The molecule has 1 aliphatic carbocycles. The minimum Gasteiger partial charge on any atom is -0.466 e. The van der Waals surface area contributed by atoms with Gasteiger partial charge in [-0.3, -0.25) is 19.2 Å². The lowest BCUT2D eigenvalue weighted by Gasteiger charge is -2.33. The van der Waals surface area contributed by atoms with Crippen molar-refractivity contribution in [3.05, 3.63) is 23.3 Å². The minimum absolute atomic E-state index is 0.0525. The van der Waals surface area contributed by atoms with Crippen molar-refractivity contribution in [2.45, 2.75) is 120 Å². The Balaban J connectivity index is 2.59. The molecule has 0 fully saturated rings.